The van der Waals surface area contributed by atoms with Crippen molar-refractivity contribution in [3.05, 3.63) is 122 Å². The van der Waals surface area contributed by atoms with E-state index in [-0.39, 0.29) is 25.9 Å². The number of ether oxygens (including phenoxy) is 5. The van der Waals surface area contributed by atoms with E-state index < -0.39 is 67.3 Å². The van der Waals surface area contributed by atoms with Gasteiger partial charge in [0.15, 0.2) is 24.6 Å². The summed E-state index contributed by atoms with van der Waals surface area (Å²) in [6.45, 7) is 5.55. The van der Waals surface area contributed by atoms with Gasteiger partial charge in [-0.15, -0.1) is 0 Å². The number of carboxylic acid groups (broad SMARTS) is 1. The monoisotopic (exact) mass is 963 g/mol. The van der Waals surface area contributed by atoms with Gasteiger partial charge in [0.2, 0.25) is 0 Å². The molecule has 3 N–H and O–H groups in total. The molecule has 12 nitrogen and oxygen atoms in total. The average molecular weight is 963 g/mol. The second-order valence-electron chi connectivity index (χ2n) is 16.7. The standard InChI is InChI=1S/C57H86O12/c1-4-7-10-13-16-19-21-23-25-27-29-32-34-37-40-43-49(58)65-46-48(67-50(59)44-41-38-35-31-18-15-12-9-6-3)47-66-57-55(53(62)52(61)54(69-57)56(63)64)68-51(60)45-42-39-36-33-30-28-26-24-22-20-17-14-11-8-5-2/h7-8,10-11,16-17,19-20,23-26,29-30,32-33,37,39-40,42,48,52-55,57,61-62H,4-6,9,12-15,18,21-22,27-28,31,34-36,38,41,43-47H2,1-3H3,(H,63,64)/b10-7-,11-8-,19-16-,20-17-,25-23-,26-24-,32-29-,33-30-,40-37-,42-39-. The number of esters is 3. The van der Waals surface area contributed by atoms with Crippen LogP contribution in [0.5, 0.6) is 0 Å². The summed E-state index contributed by atoms with van der Waals surface area (Å²) in [5, 5.41) is 31.2. The zero-order chi connectivity index (χ0) is 50.4. The third-order valence-corrected chi connectivity index (χ3v) is 10.6. The number of unbranched alkanes of at least 4 members (excludes halogenated alkanes) is 8. The maximum Gasteiger partial charge on any atom is 0.335 e. The van der Waals surface area contributed by atoms with Crippen LogP contribution in [-0.4, -0.2) is 89.2 Å². The number of aliphatic carboxylic acids is 1. The summed E-state index contributed by atoms with van der Waals surface area (Å²) in [5.41, 5.74) is 0. The molecule has 1 aliphatic rings. The molecular formula is C57H86O12. The molecule has 6 atom stereocenters. The number of aliphatic hydroxyl groups excluding tert-OH is 2. The molecule has 1 aliphatic heterocycles. The Hall–Kier alpha value is -4.88. The molecule has 0 saturated carbocycles. The maximum absolute atomic E-state index is 13.0. The lowest BCUT2D eigenvalue weighted by Crippen LogP contribution is -2.61. The van der Waals surface area contributed by atoms with Crippen molar-refractivity contribution in [1.82, 2.24) is 0 Å². The van der Waals surface area contributed by atoms with E-state index in [1.165, 1.54) is 25.7 Å². The molecule has 0 bridgehead atoms. The number of allylic oxidation sites excluding steroid dienone is 18. The fraction of sp³-hybridized carbons (Fsp3) is 0.579. The van der Waals surface area contributed by atoms with Gasteiger partial charge in [-0.05, 0) is 70.6 Å². The third kappa shape index (κ3) is 35.0. The largest absolute Gasteiger partial charge is 0.479 e. The number of rotatable bonds is 40. The predicted molar refractivity (Wildman–Crippen MR) is 275 cm³/mol. The first-order chi connectivity index (χ1) is 33.6. The van der Waals surface area contributed by atoms with E-state index in [1.54, 1.807) is 18.2 Å². The van der Waals surface area contributed by atoms with Crippen LogP contribution in [0, 0.1) is 0 Å². The molecule has 12 heteroatoms. The van der Waals surface area contributed by atoms with Crippen molar-refractivity contribution in [1.29, 1.82) is 0 Å². The Morgan fingerprint density at radius 1 is 0.493 bits per heavy atom. The topological polar surface area (TPSA) is 175 Å². The minimum Gasteiger partial charge on any atom is -0.479 e. The quantitative estimate of drug-likeness (QED) is 0.0230. The maximum atomic E-state index is 13.0. The molecule has 69 heavy (non-hydrogen) atoms. The van der Waals surface area contributed by atoms with Crippen molar-refractivity contribution < 1.29 is 58.2 Å². The van der Waals surface area contributed by atoms with Crippen LogP contribution in [0.3, 0.4) is 0 Å². The van der Waals surface area contributed by atoms with Crippen LogP contribution in [0.2, 0.25) is 0 Å². The molecule has 0 radical (unpaired) electrons. The van der Waals surface area contributed by atoms with Crippen molar-refractivity contribution >= 4 is 23.9 Å². The van der Waals surface area contributed by atoms with E-state index in [4.69, 9.17) is 23.7 Å². The molecule has 1 saturated heterocycles. The molecule has 0 aromatic carbocycles. The molecule has 0 amide bonds. The normalized spacial score (nSPS) is 19.7. The van der Waals surface area contributed by atoms with E-state index in [1.807, 2.05) is 30.4 Å². The van der Waals surface area contributed by atoms with Crippen LogP contribution in [0.1, 0.15) is 162 Å². The highest BCUT2D eigenvalue weighted by Crippen LogP contribution is 2.26. The molecule has 0 aliphatic carbocycles. The van der Waals surface area contributed by atoms with Crippen molar-refractivity contribution in [3.63, 3.8) is 0 Å². The van der Waals surface area contributed by atoms with Gasteiger partial charge in [0.25, 0.3) is 0 Å². The number of aliphatic hydroxyl groups is 2. The number of carbonyl (C=O) groups excluding carboxylic acids is 3. The summed E-state index contributed by atoms with van der Waals surface area (Å²) in [4.78, 5) is 50.6. The minimum absolute atomic E-state index is 0.0283. The predicted octanol–water partition coefficient (Wildman–Crippen LogP) is 12.1. The highest BCUT2D eigenvalue weighted by molar-refractivity contribution is 5.74. The molecule has 386 valence electrons. The van der Waals surface area contributed by atoms with Gasteiger partial charge in [0.1, 0.15) is 18.8 Å². The van der Waals surface area contributed by atoms with Crippen LogP contribution in [0.4, 0.5) is 0 Å². The Morgan fingerprint density at radius 3 is 1.33 bits per heavy atom. The Balaban J connectivity index is 2.84. The second kappa shape index (κ2) is 44.3. The highest BCUT2D eigenvalue weighted by atomic mass is 16.7. The first kappa shape index (κ1) is 62.1. The zero-order valence-electron chi connectivity index (χ0n) is 42.0. The lowest BCUT2D eigenvalue weighted by atomic mass is 9.98. The van der Waals surface area contributed by atoms with Crippen molar-refractivity contribution in [2.24, 2.45) is 0 Å². The molecule has 1 fully saturated rings. The molecule has 6 unspecified atom stereocenters. The Bertz CT molecular complexity index is 1660. The van der Waals surface area contributed by atoms with Crippen molar-refractivity contribution in [2.75, 3.05) is 13.2 Å². The van der Waals surface area contributed by atoms with Gasteiger partial charge in [-0.3, -0.25) is 14.4 Å². The van der Waals surface area contributed by atoms with E-state index in [9.17, 15) is 34.5 Å². The minimum atomic E-state index is -1.95. The zero-order valence-corrected chi connectivity index (χ0v) is 42.0. The van der Waals surface area contributed by atoms with Gasteiger partial charge in [-0.1, -0.05) is 194 Å². The van der Waals surface area contributed by atoms with Gasteiger partial charge in [0, 0.05) is 6.42 Å². The lowest BCUT2D eigenvalue weighted by Gasteiger charge is -2.40. The fourth-order valence-corrected chi connectivity index (χ4v) is 6.75. The summed E-state index contributed by atoms with van der Waals surface area (Å²) in [6, 6.07) is 0. The van der Waals surface area contributed by atoms with E-state index in [0.717, 1.165) is 77.0 Å². The number of hydrogen-bond donors (Lipinski definition) is 3. The molecule has 0 spiro atoms. The van der Waals surface area contributed by atoms with Crippen LogP contribution in [0.15, 0.2) is 122 Å². The Morgan fingerprint density at radius 2 is 0.899 bits per heavy atom. The Kier molecular flexibility index (Phi) is 39.9. The van der Waals surface area contributed by atoms with Gasteiger partial charge in [-0.25, -0.2) is 4.79 Å². The SMILES string of the molecule is CC/C=C\C/C=C\C/C=C\C/C=C\C/C=C\CC(=O)OCC(COC1OC(C(=O)O)C(O)C(O)C1OC(=O)C/C=C\C/C=C\C/C=C\C/C=C\C/C=C\CC)OC(=O)CCCCCCCCCCC. The van der Waals surface area contributed by atoms with E-state index in [0.29, 0.717) is 19.3 Å². The molecular weight excluding hydrogens is 877 g/mol. The summed E-state index contributed by atoms with van der Waals surface area (Å²) in [7, 11) is 0. The molecule has 0 aromatic heterocycles. The van der Waals surface area contributed by atoms with E-state index in [2.05, 4.69) is 93.7 Å². The summed E-state index contributed by atoms with van der Waals surface area (Å²) in [5.74, 6) is -3.47. The van der Waals surface area contributed by atoms with Crippen LogP contribution < -0.4 is 0 Å². The molecule has 0 aromatic rings. The van der Waals surface area contributed by atoms with E-state index >= 15 is 0 Å². The summed E-state index contributed by atoms with van der Waals surface area (Å²) in [6.07, 6.45) is 48.3. The van der Waals surface area contributed by atoms with Crippen molar-refractivity contribution in [2.45, 2.75) is 199 Å². The summed E-state index contributed by atoms with van der Waals surface area (Å²) >= 11 is 0. The van der Waals surface area contributed by atoms with Crippen LogP contribution in [0.25, 0.3) is 0 Å². The van der Waals surface area contributed by atoms with Crippen LogP contribution >= 0.6 is 0 Å². The third-order valence-electron chi connectivity index (χ3n) is 10.6. The number of carbonyl (C=O) groups is 4. The smallest absolute Gasteiger partial charge is 0.335 e. The highest BCUT2D eigenvalue weighted by Gasteiger charge is 2.50. The van der Waals surface area contributed by atoms with Gasteiger partial charge < -0.3 is 39.0 Å². The van der Waals surface area contributed by atoms with Gasteiger partial charge in [-0.2, -0.15) is 0 Å². The molecule has 1 rings (SSSR count). The first-order valence-electron chi connectivity index (χ1n) is 25.5. The second-order valence-corrected chi connectivity index (χ2v) is 16.7. The summed E-state index contributed by atoms with van der Waals surface area (Å²) < 4.78 is 28.0. The van der Waals surface area contributed by atoms with Crippen molar-refractivity contribution in [3.8, 4) is 0 Å². The van der Waals surface area contributed by atoms with Crippen LogP contribution in [-0.2, 0) is 42.9 Å². The first-order valence-corrected chi connectivity index (χ1v) is 25.5. The Labute approximate surface area is 414 Å². The number of carboxylic acids is 1. The van der Waals surface area contributed by atoms with Gasteiger partial charge in [0.05, 0.1) is 19.4 Å². The molecule has 1 heterocycles. The average Bonchev–Trinajstić information content (AvgIpc) is 3.33. The lowest BCUT2D eigenvalue weighted by molar-refractivity contribution is -0.301. The fourth-order valence-electron chi connectivity index (χ4n) is 6.75. The number of hydrogen-bond acceptors (Lipinski definition) is 11. The van der Waals surface area contributed by atoms with Gasteiger partial charge >= 0.3 is 23.9 Å².